The third-order valence-corrected chi connectivity index (χ3v) is 6.11. The standard InChI is InChI=1S/C16H28N2O2/c1-11-6-8-18(9-7-11)14(19)16(17)12-5-4-10-20-13(12)15(16,2)3/h11-13H,4-10,17H2,1-3H3. The topological polar surface area (TPSA) is 55.6 Å². The molecule has 3 atom stereocenters. The number of likely N-dealkylation sites (tertiary alicyclic amines) is 1. The summed E-state index contributed by atoms with van der Waals surface area (Å²) in [4.78, 5) is 15.0. The molecule has 0 aromatic carbocycles. The van der Waals surface area contributed by atoms with E-state index in [0.29, 0.717) is 0 Å². The van der Waals surface area contributed by atoms with Crippen LogP contribution in [0.4, 0.5) is 0 Å². The highest BCUT2D eigenvalue weighted by Crippen LogP contribution is 2.58. The van der Waals surface area contributed by atoms with Gasteiger partial charge in [-0.15, -0.1) is 0 Å². The molecule has 20 heavy (non-hydrogen) atoms. The Labute approximate surface area is 122 Å². The van der Waals surface area contributed by atoms with E-state index in [1.54, 1.807) is 0 Å². The highest BCUT2D eigenvalue weighted by molar-refractivity contribution is 5.89. The van der Waals surface area contributed by atoms with Crippen molar-refractivity contribution in [2.24, 2.45) is 23.0 Å². The maximum absolute atomic E-state index is 13.0. The Balaban J connectivity index is 1.79. The van der Waals surface area contributed by atoms with Crippen molar-refractivity contribution >= 4 is 5.91 Å². The van der Waals surface area contributed by atoms with Crippen molar-refractivity contribution in [2.75, 3.05) is 19.7 Å². The Morgan fingerprint density at radius 2 is 1.90 bits per heavy atom. The second-order valence-corrected chi connectivity index (χ2v) is 7.61. The molecule has 3 unspecified atom stereocenters. The van der Waals surface area contributed by atoms with Crippen molar-refractivity contribution in [1.29, 1.82) is 0 Å². The summed E-state index contributed by atoms with van der Waals surface area (Å²) in [5.74, 6) is 1.10. The summed E-state index contributed by atoms with van der Waals surface area (Å²) < 4.78 is 5.89. The quantitative estimate of drug-likeness (QED) is 0.796. The second kappa shape index (κ2) is 4.70. The van der Waals surface area contributed by atoms with Crippen LogP contribution in [0.15, 0.2) is 0 Å². The number of nitrogens with two attached hydrogens (primary N) is 1. The van der Waals surface area contributed by atoms with Gasteiger partial charge in [-0.3, -0.25) is 4.79 Å². The number of carbonyl (C=O) groups excluding carboxylic acids is 1. The highest BCUT2D eigenvalue weighted by Gasteiger charge is 2.70. The molecule has 2 heterocycles. The molecule has 0 aromatic heterocycles. The van der Waals surface area contributed by atoms with Crippen LogP contribution in [0.25, 0.3) is 0 Å². The molecule has 0 spiro atoms. The van der Waals surface area contributed by atoms with Gasteiger partial charge in [-0.2, -0.15) is 0 Å². The Morgan fingerprint density at radius 3 is 2.55 bits per heavy atom. The van der Waals surface area contributed by atoms with E-state index in [4.69, 9.17) is 10.5 Å². The van der Waals surface area contributed by atoms with Gasteiger partial charge in [0, 0.05) is 31.0 Å². The Morgan fingerprint density at radius 1 is 1.25 bits per heavy atom. The zero-order valence-electron chi connectivity index (χ0n) is 13.0. The predicted octanol–water partition coefficient (Wildman–Crippen LogP) is 1.78. The van der Waals surface area contributed by atoms with Crippen molar-refractivity contribution in [3.63, 3.8) is 0 Å². The molecule has 4 nitrogen and oxygen atoms in total. The van der Waals surface area contributed by atoms with E-state index in [2.05, 4.69) is 20.8 Å². The van der Waals surface area contributed by atoms with Crippen LogP contribution in [0.2, 0.25) is 0 Å². The minimum Gasteiger partial charge on any atom is -0.377 e. The maximum atomic E-state index is 13.0. The van der Waals surface area contributed by atoms with Crippen LogP contribution in [-0.2, 0) is 9.53 Å². The molecule has 114 valence electrons. The van der Waals surface area contributed by atoms with Crippen molar-refractivity contribution in [3.05, 3.63) is 0 Å². The van der Waals surface area contributed by atoms with Crippen LogP contribution in [0.3, 0.4) is 0 Å². The minimum atomic E-state index is -0.724. The number of fused-ring (bicyclic) bond motifs is 1. The van der Waals surface area contributed by atoms with Gasteiger partial charge in [-0.1, -0.05) is 20.8 Å². The van der Waals surface area contributed by atoms with Gasteiger partial charge in [0.15, 0.2) is 0 Å². The van der Waals surface area contributed by atoms with Crippen LogP contribution in [0.5, 0.6) is 0 Å². The Hall–Kier alpha value is -0.610. The van der Waals surface area contributed by atoms with Gasteiger partial charge >= 0.3 is 0 Å². The number of piperidine rings is 1. The minimum absolute atomic E-state index is 0.161. The van der Waals surface area contributed by atoms with Gasteiger partial charge in [0.1, 0.15) is 5.54 Å². The Bertz CT molecular complexity index is 401. The lowest BCUT2D eigenvalue weighted by atomic mass is 9.46. The van der Waals surface area contributed by atoms with Gasteiger partial charge in [0.2, 0.25) is 5.91 Å². The van der Waals surface area contributed by atoms with Gasteiger partial charge in [-0.25, -0.2) is 0 Å². The summed E-state index contributed by atoms with van der Waals surface area (Å²) >= 11 is 0. The lowest BCUT2D eigenvalue weighted by Crippen LogP contribution is -2.82. The molecule has 1 amide bonds. The molecule has 2 N–H and O–H groups in total. The van der Waals surface area contributed by atoms with E-state index in [1.807, 2.05) is 4.90 Å². The van der Waals surface area contributed by atoms with Gasteiger partial charge in [0.25, 0.3) is 0 Å². The first-order chi connectivity index (χ1) is 9.39. The summed E-state index contributed by atoms with van der Waals surface area (Å²) in [5, 5.41) is 0. The van der Waals surface area contributed by atoms with Crippen LogP contribution in [-0.4, -0.2) is 42.1 Å². The van der Waals surface area contributed by atoms with Crippen molar-refractivity contribution in [3.8, 4) is 0 Å². The number of rotatable bonds is 1. The zero-order chi connectivity index (χ0) is 14.5. The molecule has 3 rings (SSSR count). The van der Waals surface area contributed by atoms with Crippen LogP contribution >= 0.6 is 0 Å². The molecular formula is C16H28N2O2. The first-order valence-electron chi connectivity index (χ1n) is 8.09. The molecule has 1 aliphatic carbocycles. The summed E-state index contributed by atoms with van der Waals surface area (Å²) in [6.07, 6.45) is 4.43. The summed E-state index contributed by atoms with van der Waals surface area (Å²) in [6.45, 7) is 9.02. The second-order valence-electron chi connectivity index (χ2n) is 7.61. The van der Waals surface area contributed by atoms with Crippen molar-refractivity contribution in [2.45, 2.75) is 58.1 Å². The number of carbonyl (C=O) groups is 1. The molecular weight excluding hydrogens is 252 g/mol. The number of nitrogens with zero attached hydrogens (tertiary/aromatic N) is 1. The maximum Gasteiger partial charge on any atom is 0.243 e. The number of hydrogen-bond donors (Lipinski definition) is 1. The van der Waals surface area contributed by atoms with E-state index in [1.165, 1.54) is 0 Å². The fourth-order valence-corrected chi connectivity index (χ4v) is 4.48. The van der Waals surface area contributed by atoms with Gasteiger partial charge in [-0.05, 0) is 31.6 Å². The summed E-state index contributed by atoms with van der Waals surface area (Å²) in [6, 6.07) is 0. The molecule has 1 saturated carbocycles. The van der Waals surface area contributed by atoms with E-state index >= 15 is 0 Å². The normalized spacial score (nSPS) is 40.9. The number of amides is 1. The third-order valence-electron chi connectivity index (χ3n) is 6.11. The average Bonchev–Trinajstić information content (AvgIpc) is 2.46. The largest absolute Gasteiger partial charge is 0.377 e. The van der Waals surface area contributed by atoms with Crippen LogP contribution in [0, 0.1) is 17.3 Å². The molecule has 4 heteroatoms. The highest BCUT2D eigenvalue weighted by atomic mass is 16.5. The molecule has 0 radical (unpaired) electrons. The molecule has 3 aliphatic rings. The van der Waals surface area contributed by atoms with E-state index in [-0.39, 0.29) is 23.3 Å². The molecule has 2 aliphatic heterocycles. The molecule has 0 bridgehead atoms. The zero-order valence-corrected chi connectivity index (χ0v) is 13.0. The third kappa shape index (κ3) is 1.77. The smallest absolute Gasteiger partial charge is 0.243 e. The number of hydrogen-bond acceptors (Lipinski definition) is 3. The fraction of sp³-hybridized carbons (Fsp3) is 0.938. The summed E-state index contributed by atoms with van der Waals surface area (Å²) in [7, 11) is 0. The van der Waals surface area contributed by atoms with Crippen LogP contribution in [0.1, 0.15) is 46.5 Å². The van der Waals surface area contributed by atoms with Gasteiger partial charge in [0.05, 0.1) is 6.10 Å². The molecule has 2 saturated heterocycles. The van der Waals surface area contributed by atoms with Crippen LogP contribution < -0.4 is 5.73 Å². The first kappa shape index (κ1) is 14.3. The fourth-order valence-electron chi connectivity index (χ4n) is 4.48. The lowest BCUT2D eigenvalue weighted by molar-refractivity contribution is -0.230. The molecule has 0 aromatic rings. The van der Waals surface area contributed by atoms with Crippen molar-refractivity contribution in [1.82, 2.24) is 4.90 Å². The van der Waals surface area contributed by atoms with E-state index < -0.39 is 5.54 Å². The van der Waals surface area contributed by atoms with E-state index in [0.717, 1.165) is 51.3 Å². The SMILES string of the molecule is CC1CCN(C(=O)C2(N)C3CCCOC3C2(C)C)CC1. The predicted molar refractivity (Wildman–Crippen MR) is 78.1 cm³/mol. The molecule has 3 fully saturated rings. The lowest BCUT2D eigenvalue weighted by Gasteiger charge is -2.66. The average molecular weight is 280 g/mol. The summed E-state index contributed by atoms with van der Waals surface area (Å²) in [5.41, 5.74) is 5.70. The Kier molecular flexibility index (Phi) is 3.37. The number of ether oxygens (including phenoxy) is 1. The van der Waals surface area contributed by atoms with Crippen molar-refractivity contribution < 1.29 is 9.53 Å². The van der Waals surface area contributed by atoms with Gasteiger partial charge < -0.3 is 15.4 Å². The monoisotopic (exact) mass is 280 g/mol. The first-order valence-corrected chi connectivity index (χ1v) is 8.09. The van der Waals surface area contributed by atoms with E-state index in [9.17, 15) is 4.79 Å².